The number of rotatable bonds is 5. The molecule has 0 unspecified atom stereocenters. The number of nitro benzene ring substituents is 2. The number of hydrogen-bond donors (Lipinski definition) is 2. The molecule has 0 radical (unpaired) electrons. The summed E-state index contributed by atoms with van der Waals surface area (Å²) in [6, 6.07) is 16.0. The highest BCUT2D eigenvalue weighted by Gasteiger charge is 2.20. The number of nitrogens with zero attached hydrogens (tertiary/aromatic N) is 3. The van der Waals surface area contributed by atoms with Crippen molar-refractivity contribution in [3.8, 4) is 10.6 Å². The van der Waals surface area contributed by atoms with Crippen LogP contribution in [0.5, 0.6) is 0 Å². The van der Waals surface area contributed by atoms with Gasteiger partial charge in [0.1, 0.15) is 5.01 Å². The second-order valence-electron chi connectivity index (χ2n) is 7.23. The predicted octanol–water partition coefficient (Wildman–Crippen LogP) is 5.21. The lowest BCUT2D eigenvalue weighted by atomic mass is 10.1. The van der Waals surface area contributed by atoms with Crippen molar-refractivity contribution in [1.82, 2.24) is 10.3 Å². The van der Waals surface area contributed by atoms with E-state index in [2.05, 4.69) is 21.7 Å². The largest absolute Gasteiger partial charge is 0.332 e. The van der Waals surface area contributed by atoms with Gasteiger partial charge in [-0.25, -0.2) is 4.98 Å². The first kappa shape index (κ1) is 22.9. The van der Waals surface area contributed by atoms with Gasteiger partial charge in [0.25, 0.3) is 17.3 Å². The Balaban J connectivity index is 1.45. The molecule has 0 spiro atoms. The minimum absolute atomic E-state index is 0.0672. The van der Waals surface area contributed by atoms with Crippen LogP contribution in [0.2, 0.25) is 0 Å². The molecule has 1 heterocycles. The number of aromatic nitrogens is 1. The number of hydrogen-bond acceptors (Lipinski definition) is 8. The molecule has 12 heteroatoms. The molecule has 170 valence electrons. The highest BCUT2D eigenvalue weighted by molar-refractivity contribution is 7.80. The van der Waals surface area contributed by atoms with Crippen LogP contribution in [0.1, 0.15) is 15.9 Å². The molecule has 1 aromatic heterocycles. The number of aryl methyl sites for hydroxylation is 1. The van der Waals surface area contributed by atoms with Crippen molar-refractivity contribution >= 4 is 61.9 Å². The van der Waals surface area contributed by atoms with Gasteiger partial charge < -0.3 is 5.32 Å². The van der Waals surface area contributed by atoms with Gasteiger partial charge in [-0.3, -0.25) is 30.3 Å². The van der Waals surface area contributed by atoms with E-state index in [0.717, 1.165) is 44.6 Å². The maximum absolute atomic E-state index is 12.5. The molecule has 0 aliphatic heterocycles. The van der Waals surface area contributed by atoms with Crippen LogP contribution in [0, 0.1) is 27.2 Å². The predicted molar refractivity (Wildman–Crippen MR) is 133 cm³/mol. The zero-order chi connectivity index (χ0) is 24.4. The molecule has 0 aliphatic rings. The normalized spacial score (nSPS) is 10.6. The van der Waals surface area contributed by atoms with Crippen LogP contribution >= 0.6 is 23.6 Å². The van der Waals surface area contributed by atoms with Crippen molar-refractivity contribution in [3.05, 3.63) is 92.0 Å². The number of non-ortho nitro benzene ring substituents is 2. The Hall–Kier alpha value is -4.29. The van der Waals surface area contributed by atoms with E-state index >= 15 is 0 Å². The first-order valence-electron chi connectivity index (χ1n) is 9.73. The van der Waals surface area contributed by atoms with Gasteiger partial charge in [-0.1, -0.05) is 6.07 Å². The number of benzene rings is 3. The Bertz CT molecular complexity index is 1430. The number of amides is 1. The van der Waals surface area contributed by atoms with Crippen molar-refractivity contribution in [3.63, 3.8) is 0 Å². The molecule has 4 rings (SSSR count). The number of nitro groups is 2. The molecule has 0 saturated heterocycles. The fourth-order valence-corrected chi connectivity index (χ4v) is 4.41. The third kappa shape index (κ3) is 5.03. The monoisotopic (exact) mass is 493 g/mol. The van der Waals surface area contributed by atoms with Gasteiger partial charge >= 0.3 is 0 Å². The molecule has 0 bridgehead atoms. The van der Waals surface area contributed by atoms with Gasteiger partial charge in [0, 0.05) is 23.4 Å². The van der Waals surface area contributed by atoms with Crippen LogP contribution in [0.3, 0.4) is 0 Å². The molecule has 10 nitrogen and oxygen atoms in total. The van der Waals surface area contributed by atoms with E-state index in [9.17, 15) is 25.0 Å². The average Bonchev–Trinajstić information content (AvgIpc) is 3.22. The number of thiocarbonyl (C=S) groups is 1. The van der Waals surface area contributed by atoms with Crippen molar-refractivity contribution in [2.45, 2.75) is 6.92 Å². The van der Waals surface area contributed by atoms with Gasteiger partial charge in [0.05, 0.1) is 31.7 Å². The summed E-state index contributed by atoms with van der Waals surface area (Å²) in [5.74, 6) is -0.814. The molecule has 3 aromatic carbocycles. The Morgan fingerprint density at radius 3 is 2.24 bits per heavy atom. The molecule has 34 heavy (non-hydrogen) atoms. The molecule has 4 aromatic rings. The standard InChI is InChI=1S/C22H15N5O5S2/c1-12-2-7-18-19(8-12)34-21(24-18)13-3-5-15(6-4-13)23-22(33)25-20(28)14-9-16(26(29)30)11-17(10-14)27(31)32/h2-11H,1H3,(H2,23,25,28,33). The Morgan fingerprint density at radius 1 is 0.971 bits per heavy atom. The smallest absolute Gasteiger partial charge is 0.277 e. The van der Waals surface area contributed by atoms with Crippen LogP contribution in [0.15, 0.2) is 60.7 Å². The van der Waals surface area contributed by atoms with E-state index in [1.165, 1.54) is 0 Å². The summed E-state index contributed by atoms with van der Waals surface area (Å²) in [7, 11) is 0. The van der Waals surface area contributed by atoms with Crippen molar-refractivity contribution in [2.24, 2.45) is 0 Å². The maximum atomic E-state index is 12.5. The van der Waals surface area contributed by atoms with Crippen LogP contribution in [0.4, 0.5) is 17.1 Å². The number of nitrogens with one attached hydrogen (secondary N) is 2. The van der Waals surface area contributed by atoms with Crippen LogP contribution < -0.4 is 10.6 Å². The fraction of sp³-hybridized carbons (Fsp3) is 0.0455. The van der Waals surface area contributed by atoms with E-state index < -0.39 is 27.1 Å². The molecular weight excluding hydrogens is 478 g/mol. The van der Waals surface area contributed by atoms with Crippen molar-refractivity contribution in [2.75, 3.05) is 5.32 Å². The minimum Gasteiger partial charge on any atom is -0.332 e. The molecule has 0 saturated carbocycles. The lowest BCUT2D eigenvalue weighted by molar-refractivity contribution is -0.394. The molecule has 1 amide bonds. The lowest BCUT2D eigenvalue weighted by Gasteiger charge is -2.10. The third-order valence-corrected chi connectivity index (χ3v) is 6.02. The van der Waals surface area contributed by atoms with Crippen molar-refractivity contribution < 1.29 is 14.6 Å². The van der Waals surface area contributed by atoms with E-state index in [4.69, 9.17) is 12.2 Å². The number of anilines is 1. The molecule has 0 fully saturated rings. The first-order chi connectivity index (χ1) is 16.2. The Morgan fingerprint density at radius 2 is 1.62 bits per heavy atom. The summed E-state index contributed by atoms with van der Waals surface area (Å²) < 4.78 is 1.10. The number of thiazole rings is 1. The molecular formula is C22H15N5O5S2. The number of carbonyl (C=O) groups is 1. The van der Waals surface area contributed by atoms with Gasteiger partial charge in [-0.15, -0.1) is 11.3 Å². The van der Waals surface area contributed by atoms with Crippen molar-refractivity contribution in [1.29, 1.82) is 0 Å². The zero-order valence-electron chi connectivity index (χ0n) is 17.5. The maximum Gasteiger partial charge on any atom is 0.277 e. The highest BCUT2D eigenvalue weighted by Crippen LogP contribution is 2.31. The van der Waals surface area contributed by atoms with Crippen LogP contribution in [-0.2, 0) is 0 Å². The summed E-state index contributed by atoms with van der Waals surface area (Å²) in [5, 5.41) is 28.1. The van der Waals surface area contributed by atoms with E-state index in [1.807, 2.05) is 31.2 Å². The summed E-state index contributed by atoms with van der Waals surface area (Å²) in [4.78, 5) is 37.5. The van der Waals surface area contributed by atoms with Gasteiger partial charge in [-0.05, 0) is 61.1 Å². The Labute approximate surface area is 201 Å². The number of carbonyl (C=O) groups excluding carboxylic acids is 1. The fourth-order valence-electron chi connectivity index (χ4n) is 3.13. The molecule has 0 aliphatic carbocycles. The summed E-state index contributed by atoms with van der Waals surface area (Å²) in [6.45, 7) is 2.03. The second-order valence-corrected chi connectivity index (χ2v) is 8.67. The molecule has 0 atom stereocenters. The molecule has 2 N–H and O–H groups in total. The SMILES string of the molecule is Cc1ccc2nc(-c3ccc(NC(=S)NC(=O)c4cc([N+](=O)[O-])cc([N+](=O)[O-])c4)cc3)sc2c1. The Kier molecular flexibility index (Phi) is 6.25. The van der Waals surface area contributed by atoms with Crippen LogP contribution in [0.25, 0.3) is 20.8 Å². The minimum atomic E-state index is -0.814. The van der Waals surface area contributed by atoms with Gasteiger partial charge in [0.2, 0.25) is 0 Å². The van der Waals surface area contributed by atoms with E-state index in [1.54, 1.807) is 23.5 Å². The highest BCUT2D eigenvalue weighted by atomic mass is 32.1. The summed E-state index contributed by atoms with van der Waals surface area (Å²) in [6.07, 6.45) is 0. The zero-order valence-corrected chi connectivity index (χ0v) is 19.1. The quantitative estimate of drug-likeness (QED) is 0.219. The lowest BCUT2D eigenvalue weighted by Crippen LogP contribution is -2.34. The van der Waals surface area contributed by atoms with E-state index in [0.29, 0.717) is 5.69 Å². The second kappa shape index (κ2) is 9.29. The average molecular weight is 494 g/mol. The summed E-state index contributed by atoms with van der Waals surface area (Å²) >= 11 is 6.73. The van der Waals surface area contributed by atoms with E-state index in [-0.39, 0.29) is 10.7 Å². The van der Waals surface area contributed by atoms with Gasteiger partial charge in [0.15, 0.2) is 5.11 Å². The third-order valence-electron chi connectivity index (χ3n) is 4.75. The summed E-state index contributed by atoms with van der Waals surface area (Å²) in [5.41, 5.74) is 2.21. The van der Waals surface area contributed by atoms with Crippen LogP contribution in [-0.4, -0.2) is 25.9 Å². The number of fused-ring (bicyclic) bond motifs is 1. The van der Waals surface area contributed by atoms with Gasteiger partial charge in [-0.2, -0.15) is 0 Å². The first-order valence-corrected chi connectivity index (χ1v) is 11.0. The topological polar surface area (TPSA) is 140 Å².